The van der Waals surface area contributed by atoms with Gasteiger partial charge < -0.3 is 9.64 Å². The summed E-state index contributed by atoms with van der Waals surface area (Å²) in [7, 11) is 0. The molecule has 5 rings (SSSR count). The third-order valence-corrected chi connectivity index (χ3v) is 4.75. The third kappa shape index (κ3) is 2.44. The maximum absolute atomic E-state index is 5.49. The summed E-state index contributed by atoms with van der Waals surface area (Å²) in [5, 5.41) is 0. The normalized spacial score (nSPS) is 15.1. The van der Waals surface area contributed by atoms with Gasteiger partial charge >= 0.3 is 0 Å². The van der Waals surface area contributed by atoms with Crippen molar-refractivity contribution < 1.29 is 4.74 Å². The number of ether oxygens (including phenoxy) is 1. The molecule has 0 atom stereocenters. The number of morpholine rings is 1. The van der Waals surface area contributed by atoms with Gasteiger partial charge in [0.1, 0.15) is 5.52 Å². The molecule has 2 aromatic heterocycles. The summed E-state index contributed by atoms with van der Waals surface area (Å²) in [4.78, 5) is 11.6. The highest BCUT2D eigenvalue weighted by Gasteiger charge is 2.18. The second kappa shape index (κ2) is 5.86. The van der Waals surface area contributed by atoms with Gasteiger partial charge in [0.25, 0.3) is 0 Å². The maximum atomic E-state index is 5.49. The monoisotopic (exact) mass is 330 g/mol. The standard InChI is InChI=1S/C20H18N4O/c1-2-4-15(5-3-1)16-6-7-18-17(12-16)22-20(19-13-21-14-24(18)19)23-8-10-25-11-9-23/h1-7,12-14H,8-11H2. The van der Waals surface area contributed by atoms with Crippen molar-refractivity contribution in [3.8, 4) is 11.1 Å². The second-order valence-corrected chi connectivity index (χ2v) is 6.25. The number of anilines is 1. The summed E-state index contributed by atoms with van der Waals surface area (Å²) in [6.45, 7) is 3.20. The smallest absolute Gasteiger partial charge is 0.155 e. The molecular weight excluding hydrogens is 312 g/mol. The first-order valence-electron chi connectivity index (χ1n) is 8.54. The van der Waals surface area contributed by atoms with Crippen LogP contribution in [-0.2, 0) is 4.74 Å². The van der Waals surface area contributed by atoms with Gasteiger partial charge in [-0.1, -0.05) is 36.4 Å². The molecule has 0 N–H and O–H groups in total. The number of hydrogen-bond acceptors (Lipinski definition) is 4. The highest BCUT2D eigenvalue weighted by Crippen LogP contribution is 2.28. The molecule has 1 aliphatic heterocycles. The van der Waals surface area contributed by atoms with E-state index in [2.05, 4.69) is 56.7 Å². The number of nitrogens with zero attached hydrogens (tertiary/aromatic N) is 4. The molecule has 0 saturated carbocycles. The Kier molecular flexibility index (Phi) is 3.38. The minimum Gasteiger partial charge on any atom is -0.378 e. The molecule has 25 heavy (non-hydrogen) atoms. The number of aromatic nitrogens is 3. The quantitative estimate of drug-likeness (QED) is 0.565. The lowest BCUT2D eigenvalue weighted by Crippen LogP contribution is -2.37. The lowest BCUT2D eigenvalue weighted by molar-refractivity contribution is 0.122. The van der Waals surface area contributed by atoms with E-state index in [1.165, 1.54) is 11.1 Å². The van der Waals surface area contributed by atoms with Crippen molar-refractivity contribution in [2.45, 2.75) is 0 Å². The molecule has 0 amide bonds. The van der Waals surface area contributed by atoms with Crippen LogP contribution in [0.1, 0.15) is 0 Å². The lowest BCUT2D eigenvalue weighted by atomic mass is 10.1. The Morgan fingerprint density at radius 3 is 2.56 bits per heavy atom. The number of benzene rings is 2. The zero-order chi connectivity index (χ0) is 16.6. The zero-order valence-corrected chi connectivity index (χ0v) is 13.8. The van der Waals surface area contributed by atoms with Crippen molar-refractivity contribution >= 4 is 22.4 Å². The molecule has 3 heterocycles. The molecule has 1 saturated heterocycles. The molecular formula is C20H18N4O. The van der Waals surface area contributed by atoms with E-state index in [1.807, 2.05) is 18.6 Å². The van der Waals surface area contributed by atoms with Crippen LogP contribution in [0.4, 0.5) is 5.82 Å². The summed E-state index contributed by atoms with van der Waals surface area (Å²) >= 11 is 0. The van der Waals surface area contributed by atoms with Gasteiger partial charge in [-0.15, -0.1) is 0 Å². The van der Waals surface area contributed by atoms with Crippen LogP contribution in [0.15, 0.2) is 61.1 Å². The molecule has 1 aliphatic rings. The summed E-state index contributed by atoms with van der Waals surface area (Å²) in [6, 6.07) is 16.8. The number of fused-ring (bicyclic) bond motifs is 3. The lowest BCUT2D eigenvalue weighted by Gasteiger charge is -2.28. The summed E-state index contributed by atoms with van der Waals surface area (Å²) in [6.07, 6.45) is 3.76. The van der Waals surface area contributed by atoms with Crippen LogP contribution in [0.2, 0.25) is 0 Å². The molecule has 5 nitrogen and oxygen atoms in total. The Morgan fingerprint density at radius 2 is 1.72 bits per heavy atom. The first-order chi connectivity index (χ1) is 12.4. The van der Waals surface area contributed by atoms with Crippen LogP contribution in [0, 0.1) is 0 Å². The molecule has 4 aromatic rings. The number of imidazole rings is 1. The van der Waals surface area contributed by atoms with E-state index in [0.717, 1.165) is 48.7 Å². The minimum absolute atomic E-state index is 0.740. The molecule has 1 fully saturated rings. The van der Waals surface area contributed by atoms with Crippen molar-refractivity contribution in [2.24, 2.45) is 0 Å². The van der Waals surface area contributed by atoms with Gasteiger partial charge in [0.05, 0.1) is 36.8 Å². The van der Waals surface area contributed by atoms with Crippen molar-refractivity contribution in [3.05, 3.63) is 61.1 Å². The van der Waals surface area contributed by atoms with Crippen molar-refractivity contribution in [2.75, 3.05) is 31.2 Å². The van der Waals surface area contributed by atoms with Gasteiger partial charge in [0, 0.05) is 13.1 Å². The van der Waals surface area contributed by atoms with Gasteiger partial charge in [0.2, 0.25) is 0 Å². The molecule has 124 valence electrons. The van der Waals surface area contributed by atoms with Crippen LogP contribution in [0.5, 0.6) is 0 Å². The van der Waals surface area contributed by atoms with E-state index in [4.69, 9.17) is 9.72 Å². The molecule has 5 heteroatoms. The highest BCUT2D eigenvalue weighted by molar-refractivity contribution is 5.88. The van der Waals surface area contributed by atoms with Crippen LogP contribution in [-0.4, -0.2) is 40.7 Å². The molecule has 0 aliphatic carbocycles. The van der Waals surface area contributed by atoms with Gasteiger partial charge in [-0.2, -0.15) is 0 Å². The van der Waals surface area contributed by atoms with E-state index in [9.17, 15) is 0 Å². The first kappa shape index (κ1) is 14.4. The zero-order valence-electron chi connectivity index (χ0n) is 13.8. The molecule has 2 aromatic carbocycles. The third-order valence-electron chi connectivity index (χ3n) is 4.75. The Labute approximate surface area is 145 Å². The highest BCUT2D eigenvalue weighted by atomic mass is 16.5. The minimum atomic E-state index is 0.740. The van der Waals surface area contributed by atoms with E-state index in [-0.39, 0.29) is 0 Å². The van der Waals surface area contributed by atoms with Crippen LogP contribution >= 0.6 is 0 Å². The van der Waals surface area contributed by atoms with Crippen LogP contribution in [0.25, 0.3) is 27.7 Å². The topological polar surface area (TPSA) is 42.7 Å². The van der Waals surface area contributed by atoms with Crippen LogP contribution < -0.4 is 4.90 Å². The molecule has 0 bridgehead atoms. The number of rotatable bonds is 2. The van der Waals surface area contributed by atoms with Crippen molar-refractivity contribution in [1.29, 1.82) is 0 Å². The summed E-state index contributed by atoms with van der Waals surface area (Å²) in [5.74, 6) is 0.985. The fourth-order valence-corrected chi connectivity index (χ4v) is 3.46. The molecule has 0 unspecified atom stereocenters. The van der Waals surface area contributed by atoms with Crippen molar-refractivity contribution in [1.82, 2.24) is 14.4 Å². The van der Waals surface area contributed by atoms with E-state index in [0.29, 0.717) is 0 Å². The largest absolute Gasteiger partial charge is 0.378 e. The predicted octanol–water partition coefficient (Wildman–Crippen LogP) is 3.39. The molecule has 0 radical (unpaired) electrons. The Hall–Kier alpha value is -2.92. The van der Waals surface area contributed by atoms with Gasteiger partial charge in [0.15, 0.2) is 5.82 Å². The van der Waals surface area contributed by atoms with Crippen molar-refractivity contribution in [3.63, 3.8) is 0 Å². The fraction of sp³-hybridized carbons (Fsp3) is 0.200. The summed E-state index contributed by atoms with van der Waals surface area (Å²) in [5.41, 5.74) is 5.47. The van der Waals surface area contributed by atoms with Crippen LogP contribution in [0.3, 0.4) is 0 Å². The maximum Gasteiger partial charge on any atom is 0.155 e. The predicted molar refractivity (Wildman–Crippen MR) is 99.0 cm³/mol. The van der Waals surface area contributed by atoms with Gasteiger partial charge in [-0.05, 0) is 23.3 Å². The van der Waals surface area contributed by atoms with E-state index >= 15 is 0 Å². The van der Waals surface area contributed by atoms with Gasteiger partial charge in [-0.25, -0.2) is 9.97 Å². The fourth-order valence-electron chi connectivity index (χ4n) is 3.46. The first-order valence-corrected chi connectivity index (χ1v) is 8.54. The van der Waals surface area contributed by atoms with E-state index < -0.39 is 0 Å². The average Bonchev–Trinajstić information content (AvgIpc) is 3.18. The Balaban J connectivity index is 1.72. The number of hydrogen-bond donors (Lipinski definition) is 0. The molecule has 0 spiro atoms. The summed E-state index contributed by atoms with van der Waals surface area (Å²) < 4.78 is 7.61. The Bertz CT molecular complexity index is 1040. The van der Waals surface area contributed by atoms with E-state index in [1.54, 1.807) is 0 Å². The average molecular weight is 330 g/mol. The second-order valence-electron chi connectivity index (χ2n) is 6.25. The Morgan fingerprint density at radius 1 is 0.880 bits per heavy atom. The SMILES string of the molecule is c1ccc(-c2ccc3c(c2)nc(N2CCOCC2)c2cncn23)cc1. The van der Waals surface area contributed by atoms with Gasteiger partial charge in [-0.3, -0.25) is 4.40 Å².